The minimum Gasteiger partial charge on any atom is -0.392 e. The SMILES string of the molecule is CCO[C@@H]1C[C@H](O)C12CCN(C(=O)[C@@H]1C[C@H]3CCCC[C@H]3N1)CC2. The molecule has 4 rings (SSSR count). The van der Waals surface area contributed by atoms with E-state index < -0.39 is 0 Å². The number of carbonyl (C=O) groups is 1. The number of fused-ring (bicyclic) bond motifs is 1. The van der Waals surface area contributed by atoms with Gasteiger partial charge in [-0.2, -0.15) is 0 Å². The lowest BCUT2D eigenvalue weighted by Gasteiger charge is -2.56. The Labute approximate surface area is 145 Å². The molecule has 4 fully saturated rings. The average molecular weight is 336 g/mol. The molecule has 1 spiro atoms. The monoisotopic (exact) mass is 336 g/mol. The molecule has 0 bridgehead atoms. The predicted octanol–water partition coefficient (Wildman–Crippen LogP) is 1.69. The van der Waals surface area contributed by atoms with Crippen molar-refractivity contribution in [2.75, 3.05) is 19.7 Å². The number of ether oxygens (including phenoxy) is 1. The van der Waals surface area contributed by atoms with Gasteiger partial charge in [0.15, 0.2) is 0 Å². The van der Waals surface area contributed by atoms with E-state index in [0.29, 0.717) is 24.5 Å². The molecule has 0 radical (unpaired) electrons. The number of rotatable bonds is 3. The largest absolute Gasteiger partial charge is 0.392 e. The number of likely N-dealkylation sites (tertiary alicyclic amines) is 1. The van der Waals surface area contributed by atoms with Crippen LogP contribution in [-0.2, 0) is 9.53 Å². The molecule has 2 heterocycles. The summed E-state index contributed by atoms with van der Waals surface area (Å²) in [6, 6.07) is 0.598. The Balaban J connectivity index is 1.33. The molecule has 2 N–H and O–H groups in total. The van der Waals surface area contributed by atoms with Crippen LogP contribution in [-0.4, -0.2) is 59.9 Å². The average Bonchev–Trinajstić information content (AvgIpc) is 3.05. The van der Waals surface area contributed by atoms with Gasteiger partial charge in [0.05, 0.1) is 18.2 Å². The molecule has 5 nitrogen and oxygen atoms in total. The first-order valence-electron chi connectivity index (χ1n) is 9.98. The van der Waals surface area contributed by atoms with E-state index in [2.05, 4.69) is 5.32 Å². The van der Waals surface area contributed by atoms with E-state index in [4.69, 9.17) is 4.74 Å². The van der Waals surface area contributed by atoms with Crippen molar-refractivity contribution in [2.24, 2.45) is 11.3 Å². The van der Waals surface area contributed by atoms with Gasteiger partial charge in [0.2, 0.25) is 5.91 Å². The molecule has 4 aliphatic rings. The quantitative estimate of drug-likeness (QED) is 0.823. The van der Waals surface area contributed by atoms with Crippen LogP contribution in [0.3, 0.4) is 0 Å². The number of amides is 1. The Morgan fingerprint density at radius 1 is 1.25 bits per heavy atom. The fourth-order valence-electron chi connectivity index (χ4n) is 5.69. The van der Waals surface area contributed by atoms with E-state index in [1.165, 1.54) is 25.7 Å². The molecule has 1 amide bonds. The molecule has 5 atom stereocenters. The van der Waals surface area contributed by atoms with Crippen LogP contribution in [0.4, 0.5) is 0 Å². The van der Waals surface area contributed by atoms with Gasteiger partial charge in [-0.3, -0.25) is 4.79 Å². The topological polar surface area (TPSA) is 61.8 Å². The Hall–Kier alpha value is -0.650. The fourth-order valence-corrected chi connectivity index (χ4v) is 5.69. The lowest BCUT2D eigenvalue weighted by Crippen LogP contribution is -2.63. The highest BCUT2D eigenvalue weighted by Gasteiger charge is 2.56. The van der Waals surface area contributed by atoms with Crippen molar-refractivity contribution in [1.29, 1.82) is 0 Å². The smallest absolute Gasteiger partial charge is 0.239 e. The molecule has 0 unspecified atom stereocenters. The predicted molar refractivity (Wildman–Crippen MR) is 91.6 cm³/mol. The van der Waals surface area contributed by atoms with E-state index in [0.717, 1.165) is 38.8 Å². The molecule has 5 heteroatoms. The van der Waals surface area contributed by atoms with Gasteiger partial charge < -0.3 is 20.1 Å². The zero-order valence-corrected chi connectivity index (χ0v) is 14.9. The van der Waals surface area contributed by atoms with Crippen molar-refractivity contribution >= 4 is 5.91 Å². The van der Waals surface area contributed by atoms with Gasteiger partial charge in [0, 0.05) is 37.6 Å². The maximum absolute atomic E-state index is 12.9. The molecule has 2 aliphatic heterocycles. The van der Waals surface area contributed by atoms with Crippen molar-refractivity contribution in [3.8, 4) is 0 Å². The zero-order valence-electron chi connectivity index (χ0n) is 14.9. The molecule has 24 heavy (non-hydrogen) atoms. The summed E-state index contributed by atoms with van der Waals surface area (Å²) in [6.45, 7) is 4.26. The zero-order chi connectivity index (χ0) is 16.7. The second-order valence-corrected chi connectivity index (χ2v) is 8.36. The van der Waals surface area contributed by atoms with Crippen LogP contribution < -0.4 is 5.32 Å². The summed E-state index contributed by atoms with van der Waals surface area (Å²) in [6.07, 6.45) is 8.62. The Morgan fingerprint density at radius 3 is 2.67 bits per heavy atom. The number of hydrogen-bond donors (Lipinski definition) is 2. The minimum absolute atomic E-state index is 0.0288. The molecular formula is C19H32N2O3. The van der Waals surface area contributed by atoms with Crippen molar-refractivity contribution in [2.45, 2.75) is 82.6 Å². The number of aliphatic hydroxyl groups excluding tert-OH is 1. The number of nitrogens with zero attached hydrogens (tertiary/aromatic N) is 1. The summed E-state index contributed by atoms with van der Waals surface area (Å²) < 4.78 is 5.83. The van der Waals surface area contributed by atoms with Gasteiger partial charge in [-0.15, -0.1) is 0 Å². The number of carbonyl (C=O) groups excluding carboxylic acids is 1. The van der Waals surface area contributed by atoms with Crippen LogP contribution in [0.5, 0.6) is 0 Å². The first-order valence-corrected chi connectivity index (χ1v) is 9.98. The first kappa shape index (κ1) is 16.8. The second-order valence-electron chi connectivity index (χ2n) is 8.36. The van der Waals surface area contributed by atoms with Crippen LogP contribution in [0.1, 0.15) is 58.3 Å². The lowest BCUT2D eigenvalue weighted by atomic mass is 9.58. The van der Waals surface area contributed by atoms with Gasteiger partial charge in [0.1, 0.15) is 0 Å². The summed E-state index contributed by atoms with van der Waals surface area (Å²) in [5, 5.41) is 13.9. The van der Waals surface area contributed by atoms with E-state index in [9.17, 15) is 9.90 Å². The normalized spacial score (nSPS) is 41.1. The molecular weight excluding hydrogens is 304 g/mol. The Kier molecular flexibility index (Phi) is 4.61. The molecule has 2 saturated heterocycles. The summed E-state index contributed by atoms with van der Waals surface area (Å²) in [7, 11) is 0. The Bertz CT molecular complexity index is 459. The number of piperidine rings is 1. The molecule has 0 aromatic rings. The van der Waals surface area contributed by atoms with Crippen molar-refractivity contribution in [3.05, 3.63) is 0 Å². The molecule has 136 valence electrons. The van der Waals surface area contributed by atoms with E-state index in [-0.39, 0.29) is 23.7 Å². The fraction of sp³-hybridized carbons (Fsp3) is 0.947. The van der Waals surface area contributed by atoms with Gasteiger partial charge in [0.25, 0.3) is 0 Å². The van der Waals surface area contributed by atoms with Crippen molar-refractivity contribution in [3.63, 3.8) is 0 Å². The molecule has 2 saturated carbocycles. The highest BCUT2D eigenvalue weighted by Crippen LogP contribution is 2.51. The third-order valence-corrected chi connectivity index (χ3v) is 7.28. The number of nitrogens with one attached hydrogen (secondary N) is 1. The highest BCUT2D eigenvalue weighted by molar-refractivity contribution is 5.82. The van der Waals surface area contributed by atoms with Gasteiger partial charge in [-0.05, 0) is 44.9 Å². The summed E-state index contributed by atoms with van der Waals surface area (Å²) in [5.74, 6) is 1.00. The second kappa shape index (κ2) is 6.58. The van der Waals surface area contributed by atoms with Crippen LogP contribution in [0.25, 0.3) is 0 Å². The highest BCUT2D eigenvalue weighted by atomic mass is 16.5. The third kappa shape index (κ3) is 2.69. The van der Waals surface area contributed by atoms with Crippen molar-refractivity contribution < 1.29 is 14.6 Å². The van der Waals surface area contributed by atoms with Crippen LogP contribution in [0.15, 0.2) is 0 Å². The van der Waals surface area contributed by atoms with Gasteiger partial charge in [-0.1, -0.05) is 12.8 Å². The molecule has 0 aromatic carbocycles. The number of aliphatic hydroxyl groups is 1. The maximum atomic E-state index is 12.9. The Morgan fingerprint density at radius 2 is 2.00 bits per heavy atom. The third-order valence-electron chi connectivity index (χ3n) is 7.28. The summed E-state index contributed by atoms with van der Waals surface area (Å²) >= 11 is 0. The lowest BCUT2D eigenvalue weighted by molar-refractivity contribution is -0.210. The van der Waals surface area contributed by atoms with E-state index in [1.807, 2.05) is 11.8 Å². The first-order chi connectivity index (χ1) is 11.6. The van der Waals surface area contributed by atoms with Crippen molar-refractivity contribution in [1.82, 2.24) is 10.2 Å². The maximum Gasteiger partial charge on any atom is 0.239 e. The van der Waals surface area contributed by atoms with E-state index in [1.54, 1.807) is 0 Å². The van der Waals surface area contributed by atoms with Crippen LogP contribution in [0.2, 0.25) is 0 Å². The minimum atomic E-state index is -0.251. The van der Waals surface area contributed by atoms with Gasteiger partial charge >= 0.3 is 0 Å². The molecule has 2 aliphatic carbocycles. The number of hydrogen-bond acceptors (Lipinski definition) is 4. The standard InChI is InChI=1S/C19H32N2O3/c1-2-24-17-12-16(22)19(17)7-9-21(10-8-19)18(23)15-11-13-5-3-4-6-14(13)20-15/h13-17,20,22H,2-12H2,1H3/t13-,14-,15+,16+,17-/m1/s1. The summed E-state index contributed by atoms with van der Waals surface area (Å²) in [5.41, 5.74) is -0.0934. The molecule has 0 aromatic heterocycles. The summed E-state index contributed by atoms with van der Waals surface area (Å²) in [4.78, 5) is 15.0. The van der Waals surface area contributed by atoms with E-state index >= 15 is 0 Å². The van der Waals surface area contributed by atoms with Crippen LogP contribution >= 0.6 is 0 Å². The van der Waals surface area contributed by atoms with Gasteiger partial charge in [-0.25, -0.2) is 0 Å². The van der Waals surface area contributed by atoms with Crippen LogP contribution in [0, 0.1) is 11.3 Å².